The summed E-state index contributed by atoms with van der Waals surface area (Å²) in [6, 6.07) is 15.6. The maximum atomic E-state index is 15.1. The molecule has 0 saturated heterocycles. The van der Waals surface area contributed by atoms with Crippen molar-refractivity contribution in [1.82, 2.24) is 0 Å². The summed E-state index contributed by atoms with van der Waals surface area (Å²) in [6.07, 6.45) is -0.245. The molecule has 3 aromatic carbocycles. The van der Waals surface area contributed by atoms with Crippen molar-refractivity contribution in [2.45, 2.75) is 6.42 Å². The highest BCUT2D eigenvalue weighted by atomic mass is 35.5. The number of rotatable bonds is 6. The van der Waals surface area contributed by atoms with Crippen LogP contribution in [0.2, 0.25) is 10.0 Å². The molecule has 0 aliphatic heterocycles. The molecule has 0 amide bonds. The van der Waals surface area contributed by atoms with Gasteiger partial charge in [-0.2, -0.15) is 5.26 Å². The minimum Gasteiger partial charge on any atom is -0.497 e. The number of nitriles is 1. The molecule has 0 unspecified atom stereocenters. The highest BCUT2D eigenvalue weighted by Gasteiger charge is 2.18. The molecule has 9 heteroatoms. The fraction of sp³-hybridized carbons (Fsp3) is 0.0870. The lowest BCUT2D eigenvalue weighted by Crippen LogP contribution is -2.15. The van der Waals surface area contributed by atoms with Crippen molar-refractivity contribution in [2.24, 2.45) is 0 Å². The fourth-order valence-electron chi connectivity index (χ4n) is 2.76. The summed E-state index contributed by atoms with van der Waals surface area (Å²) in [7, 11) is 1.50. The second kappa shape index (κ2) is 10.1. The van der Waals surface area contributed by atoms with Crippen LogP contribution < -0.4 is 9.47 Å². The first kappa shape index (κ1) is 23.1. The molecule has 0 fully saturated rings. The molecule has 0 heterocycles. The maximum absolute atomic E-state index is 15.1. The van der Waals surface area contributed by atoms with Gasteiger partial charge in [0, 0.05) is 16.1 Å². The van der Waals surface area contributed by atoms with Crippen LogP contribution in [0.3, 0.4) is 0 Å². The van der Waals surface area contributed by atoms with E-state index in [1.54, 1.807) is 24.3 Å². The third-order valence-electron chi connectivity index (χ3n) is 4.26. The number of benzene rings is 3. The predicted octanol–water partition coefficient (Wildman–Crippen LogP) is 6.37. The summed E-state index contributed by atoms with van der Waals surface area (Å²) < 4.78 is 31.0. The van der Waals surface area contributed by atoms with Gasteiger partial charge in [0.2, 0.25) is 5.90 Å². The van der Waals surface area contributed by atoms with Crippen LogP contribution in [0, 0.1) is 28.0 Å². The number of nitrogens with zero attached hydrogens (tertiary/aromatic N) is 1. The molecule has 0 radical (unpaired) electrons. The molecule has 6 nitrogen and oxygen atoms in total. The van der Waals surface area contributed by atoms with Crippen LogP contribution >= 0.6 is 23.2 Å². The summed E-state index contributed by atoms with van der Waals surface area (Å²) >= 11 is 12.1. The van der Waals surface area contributed by atoms with Gasteiger partial charge >= 0.3 is 0 Å². The van der Waals surface area contributed by atoms with Gasteiger partial charge in [-0.25, -0.2) is 4.39 Å². The van der Waals surface area contributed by atoms with Crippen LogP contribution in [-0.4, -0.2) is 18.9 Å². The van der Waals surface area contributed by atoms with E-state index < -0.39 is 5.82 Å². The molecule has 0 aliphatic carbocycles. The van der Waals surface area contributed by atoms with Crippen LogP contribution in [0.4, 0.5) is 4.39 Å². The Bertz CT molecular complexity index is 1240. The van der Waals surface area contributed by atoms with Crippen molar-refractivity contribution < 1.29 is 18.6 Å². The van der Waals surface area contributed by atoms with Crippen molar-refractivity contribution in [2.75, 3.05) is 7.11 Å². The Morgan fingerprint density at radius 2 is 1.84 bits per heavy atom. The zero-order valence-corrected chi connectivity index (χ0v) is 18.2. The van der Waals surface area contributed by atoms with Gasteiger partial charge in [-0.1, -0.05) is 35.3 Å². The zero-order valence-electron chi connectivity index (χ0n) is 16.7. The Hall–Kier alpha value is -3.60. The highest BCUT2D eigenvalue weighted by molar-refractivity contribution is 6.32. The van der Waals surface area contributed by atoms with Crippen LogP contribution in [0.15, 0.2) is 54.6 Å². The Labute approximate surface area is 193 Å². The van der Waals surface area contributed by atoms with Crippen molar-refractivity contribution in [1.29, 1.82) is 16.1 Å². The van der Waals surface area contributed by atoms with Crippen molar-refractivity contribution in [3.63, 3.8) is 0 Å². The third kappa shape index (κ3) is 5.55. The minimum absolute atomic E-state index is 0.00121. The molecule has 32 heavy (non-hydrogen) atoms. The lowest BCUT2D eigenvalue weighted by Gasteiger charge is -2.13. The molecule has 2 N–H and O–H groups in total. The number of halogens is 3. The van der Waals surface area contributed by atoms with Gasteiger partial charge in [0.05, 0.1) is 30.2 Å². The Morgan fingerprint density at radius 3 is 2.56 bits per heavy atom. The van der Waals surface area contributed by atoms with Crippen LogP contribution in [0.1, 0.15) is 16.7 Å². The molecule has 3 aromatic rings. The van der Waals surface area contributed by atoms with E-state index >= 15 is 4.39 Å². The largest absolute Gasteiger partial charge is 0.497 e. The van der Waals surface area contributed by atoms with Gasteiger partial charge in [-0.05, 0) is 42.5 Å². The average Bonchev–Trinajstić information content (AvgIpc) is 2.78. The summed E-state index contributed by atoms with van der Waals surface area (Å²) in [5, 5.41) is 25.4. The molecular weight excluding hydrogens is 456 g/mol. The van der Waals surface area contributed by atoms with E-state index in [1.807, 2.05) is 6.07 Å². The molecule has 0 saturated carbocycles. The second-order valence-electron chi connectivity index (χ2n) is 6.50. The Morgan fingerprint density at radius 1 is 1.06 bits per heavy atom. The van der Waals surface area contributed by atoms with E-state index in [4.69, 9.17) is 53.5 Å². The maximum Gasteiger partial charge on any atom is 0.221 e. The van der Waals surface area contributed by atoms with Gasteiger partial charge < -0.3 is 14.2 Å². The van der Waals surface area contributed by atoms with Gasteiger partial charge in [-0.15, -0.1) is 0 Å². The van der Waals surface area contributed by atoms with Gasteiger partial charge in [0.15, 0.2) is 17.5 Å². The molecule has 0 atom stereocenters. The lowest BCUT2D eigenvalue weighted by molar-refractivity contribution is 0.414. The normalized spacial score (nSPS) is 10.2. The Balaban J connectivity index is 1.78. The van der Waals surface area contributed by atoms with Crippen molar-refractivity contribution >= 4 is 35.0 Å². The topological polar surface area (TPSA) is 99.2 Å². The predicted molar refractivity (Wildman–Crippen MR) is 120 cm³/mol. The first-order valence-electron chi connectivity index (χ1n) is 9.14. The first-order chi connectivity index (χ1) is 15.3. The van der Waals surface area contributed by atoms with E-state index in [0.29, 0.717) is 11.3 Å². The SMILES string of the molecule is COc1cccc(C(=N)OC(=N)Cc2ccc(Cl)c(Oc3cc(Cl)cc(C#N)c3)c2F)c1. The highest BCUT2D eigenvalue weighted by Crippen LogP contribution is 2.35. The number of hydrogen-bond donors (Lipinski definition) is 2. The number of ether oxygens (including phenoxy) is 3. The summed E-state index contributed by atoms with van der Waals surface area (Å²) in [5.74, 6) is -1.02. The molecule has 0 bridgehead atoms. The van der Waals surface area contributed by atoms with Crippen LogP contribution in [-0.2, 0) is 11.2 Å². The van der Waals surface area contributed by atoms with E-state index in [0.717, 1.165) is 0 Å². The zero-order chi connectivity index (χ0) is 23.3. The van der Waals surface area contributed by atoms with Crippen LogP contribution in [0.5, 0.6) is 17.2 Å². The van der Waals surface area contributed by atoms with E-state index in [2.05, 4.69) is 0 Å². The smallest absolute Gasteiger partial charge is 0.221 e. The lowest BCUT2D eigenvalue weighted by atomic mass is 10.1. The summed E-state index contributed by atoms with van der Waals surface area (Å²) in [5.41, 5.74) is 0.728. The van der Waals surface area contributed by atoms with Gasteiger partial charge in [-0.3, -0.25) is 10.8 Å². The summed E-state index contributed by atoms with van der Waals surface area (Å²) in [6.45, 7) is 0. The quantitative estimate of drug-likeness (QED) is 0.322. The number of methoxy groups -OCH3 is 1. The Kier molecular flexibility index (Phi) is 7.31. The molecule has 0 spiro atoms. The monoisotopic (exact) mass is 471 g/mol. The van der Waals surface area contributed by atoms with E-state index in [1.165, 1.54) is 37.4 Å². The first-order valence-corrected chi connectivity index (χ1v) is 9.90. The molecule has 0 aliphatic rings. The summed E-state index contributed by atoms with van der Waals surface area (Å²) in [4.78, 5) is 0. The average molecular weight is 472 g/mol. The van der Waals surface area contributed by atoms with E-state index in [-0.39, 0.29) is 50.9 Å². The van der Waals surface area contributed by atoms with Gasteiger partial charge in [0.1, 0.15) is 11.5 Å². The molecular formula is C23H16Cl2FN3O3. The standard InChI is InChI=1S/C23H16Cl2FN3O3/c1-30-17-4-2-3-15(9-17)23(29)32-20(28)10-14-5-6-19(25)22(21(14)26)31-18-8-13(12-27)7-16(24)11-18/h2-9,11,28-29H,10H2,1H3. The molecule has 3 rings (SSSR count). The van der Waals surface area contributed by atoms with Crippen LogP contribution in [0.25, 0.3) is 0 Å². The molecule has 0 aromatic heterocycles. The number of hydrogen-bond acceptors (Lipinski definition) is 6. The van der Waals surface area contributed by atoms with Gasteiger partial charge in [0.25, 0.3) is 0 Å². The number of nitrogens with one attached hydrogen (secondary N) is 2. The van der Waals surface area contributed by atoms with E-state index in [9.17, 15) is 0 Å². The second-order valence-corrected chi connectivity index (χ2v) is 7.35. The third-order valence-corrected chi connectivity index (χ3v) is 4.77. The van der Waals surface area contributed by atoms with Crippen molar-refractivity contribution in [3.05, 3.63) is 87.2 Å². The molecule has 162 valence electrons. The fourth-order valence-corrected chi connectivity index (χ4v) is 3.17. The van der Waals surface area contributed by atoms with Crippen molar-refractivity contribution in [3.8, 4) is 23.3 Å². The minimum atomic E-state index is -0.794.